The third-order valence-electron chi connectivity index (χ3n) is 3.21. The zero-order valence-corrected chi connectivity index (χ0v) is 11.5. The Morgan fingerprint density at radius 1 is 1.35 bits per heavy atom. The second kappa shape index (κ2) is 6.10. The number of hydrogen-bond acceptors (Lipinski definition) is 3. The van der Waals surface area contributed by atoms with E-state index in [2.05, 4.69) is 11.8 Å². The number of likely N-dealkylation sites (tertiary alicyclic amines) is 1. The number of likely N-dealkylation sites (N-methyl/N-ethyl adjacent to an activating group) is 1. The molecule has 1 aromatic carbocycles. The second-order valence-electron chi connectivity index (χ2n) is 4.44. The van der Waals surface area contributed by atoms with Crippen LogP contribution in [0.1, 0.15) is 6.92 Å². The molecule has 0 bridgehead atoms. The first kappa shape index (κ1) is 13.2. The molecule has 0 radical (unpaired) electrons. The minimum Gasteiger partial charge on any atom is -0.391 e. The number of benzene rings is 1. The summed E-state index contributed by atoms with van der Waals surface area (Å²) < 4.78 is 0. The number of aliphatic hydroxyl groups excluding tert-OH is 1. The molecule has 2 atom stereocenters. The lowest BCUT2D eigenvalue weighted by molar-refractivity contribution is 0.150. The Morgan fingerprint density at radius 2 is 2.06 bits per heavy atom. The third kappa shape index (κ3) is 3.62. The van der Waals surface area contributed by atoms with E-state index in [4.69, 9.17) is 11.6 Å². The van der Waals surface area contributed by atoms with Crippen LogP contribution >= 0.6 is 23.4 Å². The van der Waals surface area contributed by atoms with Crippen molar-refractivity contribution in [2.45, 2.75) is 17.9 Å². The monoisotopic (exact) mass is 271 g/mol. The van der Waals surface area contributed by atoms with Crippen molar-refractivity contribution in [1.82, 2.24) is 4.90 Å². The zero-order chi connectivity index (χ0) is 12.3. The smallest absolute Gasteiger partial charge is 0.0715 e. The van der Waals surface area contributed by atoms with Gasteiger partial charge in [-0.2, -0.15) is 0 Å². The van der Waals surface area contributed by atoms with Gasteiger partial charge < -0.3 is 10.0 Å². The van der Waals surface area contributed by atoms with Gasteiger partial charge in [-0.3, -0.25) is 0 Å². The van der Waals surface area contributed by atoms with Gasteiger partial charge in [-0.15, -0.1) is 11.8 Å². The van der Waals surface area contributed by atoms with Crippen LogP contribution in [0.2, 0.25) is 5.02 Å². The minimum atomic E-state index is -0.172. The fourth-order valence-corrected chi connectivity index (χ4v) is 3.29. The molecule has 1 aliphatic heterocycles. The van der Waals surface area contributed by atoms with Gasteiger partial charge >= 0.3 is 0 Å². The predicted molar refractivity (Wildman–Crippen MR) is 73.8 cm³/mol. The number of thioether (sulfide) groups is 1. The first-order valence-electron chi connectivity index (χ1n) is 5.98. The first-order valence-corrected chi connectivity index (χ1v) is 7.34. The average molecular weight is 272 g/mol. The van der Waals surface area contributed by atoms with E-state index < -0.39 is 0 Å². The second-order valence-corrected chi connectivity index (χ2v) is 5.97. The van der Waals surface area contributed by atoms with E-state index in [0.717, 1.165) is 30.4 Å². The number of nitrogens with zero attached hydrogens (tertiary/aromatic N) is 1. The summed E-state index contributed by atoms with van der Waals surface area (Å²) in [6.07, 6.45) is -0.172. The van der Waals surface area contributed by atoms with E-state index in [-0.39, 0.29) is 6.10 Å². The standard InChI is InChI=1S/C13H18ClNOS/c1-2-15-7-10(13(16)8-15)9-17-12-5-3-11(14)4-6-12/h3-6,10,13,16H,2,7-9H2,1H3/t10-,13+/m0/s1. The van der Waals surface area contributed by atoms with E-state index in [1.165, 1.54) is 4.90 Å². The van der Waals surface area contributed by atoms with Crippen LogP contribution in [0.5, 0.6) is 0 Å². The molecule has 0 unspecified atom stereocenters. The Morgan fingerprint density at radius 3 is 2.65 bits per heavy atom. The summed E-state index contributed by atoms with van der Waals surface area (Å²) >= 11 is 7.64. The molecule has 94 valence electrons. The molecule has 1 fully saturated rings. The summed E-state index contributed by atoms with van der Waals surface area (Å²) in [6, 6.07) is 7.89. The van der Waals surface area contributed by atoms with Crippen molar-refractivity contribution < 1.29 is 5.11 Å². The van der Waals surface area contributed by atoms with E-state index in [0.29, 0.717) is 5.92 Å². The largest absolute Gasteiger partial charge is 0.391 e. The number of β-amino-alcohol motifs (C(OH)–C–C–N with tert-alkyl or cyclic N) is 1. The molecule has 0 aromatic heterocycles. The number of aliphatic hydroxyl groups is 1. The molecule has 0 amide bonds. The van der Waals surface area contributed by atoms with Crippen LogP contribution in [-0.4, -0.2) is 41.5 Å². The molecule has 1 saturated heterocycles. The lowest BCUT2D eigenvalue weighted by Crippen LogP contribution is -2.21. The zero-order valence-electron chi connectivity index (χ0n) is 9.97. The van der Waals surface area contributed by atoms with Gasteiger partial charge in [0.05, 0.1) is 6.10 Å². The van der Waals surface area contributed by atoms with Crippen molar-refractivity contribution in [2.75, 3.05) is 25.4 Å². The van der Waals surface area contributed by atoms with Crippen LogP contribution in [0.25, 0.3) is 0 Å². The maximum Gasteiger partial charge on any atom is 0.0715 e. The van der Waals surface area contributed by atoms with Gasteiger partial charge in [0.25, 0.3) is 0 Å². The predicted octanol–water partition coefficient (Wildman–Crippen LogP) is 2.74. The van der Waals surface area contributed by atoms with Crippen molar-refractivity contribution in [3.05, 3.63) is 29.3 Å². The van der Waals surface area contributed by atoms with Crippen molar-refractivity contribution >= 4 is 23.4 Å². The molecular formula is C13H18ClNOS. The fraction of sp³-hybridized carbons (Fsp3) is 0.538. The summed E-state index contributed by atoms with van der Waals surface area (Å²) in [5.74, 6) is 1.36. The average Bonchev–Trinajstić information content (AvgIpc) is 2.69. The highest BCUT2D eigenvalue weighted by molar-refractivity contribution is 7.99. The van der Waals surface area contributed by atoms with Gasteiger partial charge in [0, 0.05) is 34.7 Å². The maximum absolute atomic E-state index is 9.94. The molecular weight excluding hydrogens is 254 g/mol. The van der Waals surface area contributed by atoms with Crippen LogP contribution in [0.15, 0.2) is 29.2 Å². The fourth-order valence-electron chi connectivity index (χ4n) is 2.10. The van der Waals surface area contributed by atoms with Crippen LogP contribution in [-0.2, 0) is 0 Å². The van der Waals surface area contributed by atoms with E-state index >= 15 is 0 Å². The van der Waals surface area contributed by atoms with Gasteiger partial charge in [-0.05, 0) is 30.8 Å². The molecule has 0 spiro atoms. The summed E-state index contributed by atoms with van der Waals surface area (Å²) in [7, 11) is 0. The van der Waals surface area contributed by atoms with Gasteiger partial charge in [-0.1, -0.05) is 18.5 Å². The van der Waals surface area contributed by atoms with Gasteiger partial charge in [0.15, 0.2) is 0 Å². The highest BCUT2D eigenvalue weighted by Gasteiger charge is 2.29. The lowest BCUT2D eigenvalue weighted by atomic mass is 10.1. The topological polar surface area (TPSA) is 23.5 Å². The van der Waals surface area contributed by atoms with Crippen molar-refractivity contribution in [3.63, 3.8) is 0 Å². The van der Waals surface area contributed by atoms with Crippen molar-refractivity contribution in [1.29, 1.82) is 0 Å². The summed E-state index contributed by atoms with van der Waals surface area (Å²) in [5, 5.41) is 10.7. The minimum absolute atomic E-state index is 0.172. The quantitative estimate of drug-likeness (QED) is 0.852. The van der Waals surface area contributed by atoms with Gasteiger partial charge in [-0.25, -0.2) is 0 Å². The van der Waals surface area contributed by atoms with E-state index in [1.807, 2.05) is 24.3 Å². The van der Waals surface area contributed by atoms with Crippen LogP contribution in [0.3, 0.4) is 0 Å². The van der Waals surface area contributed by atoms with Crippen molar-refractivity contribution in [3.8, 4) is 0 Å². The number of rotatable bonds is 4. The van der Waals surface area contributed by atoms with Crippen LogP contribution < -0.4 is 0 Å². The SMILES string of the molecule is CCN1C[C@@H](CSc2ccc(Cl)cc2)[C@H](O)C1. The van der Waals surface area contributed by atoms with E-state index in [9.17, 15) is 5.11 Å². The normalized spacial score (nSPS) is 25.4. The molecule has 1 aromatic rings. The molecule has 1 heterocycles. The Hall–Kier alpha value is -0.220. The Labute approximate surface area is 112 Å². The van der Waals surface area contributed by atoms with Gasteiger partial charge in [0.2, 0.25) is 0 Å². The molecule has 1 aliphatic rings. The van der Waals surface area contributed by atoms with Crippen LogP contribution in [0.4, 0.5) is 0 Å². The summed E-state index contributed by atoms with van der Waals surface area (Å²) in [5.41, 5.74) is 0. The summed E-state index contributed by atoms with van der Waals surface area (Å²) in [4.78, 5) is 3.52. The van der Waals surface area contributed by atoms with Crippen molar-refractivity contribution in [2.24, 2.45) is 5.92 Å². The lowest BCUT2D eigenvalue weighted by Gasteiger charge is -2.13. The van der Waals surface area contributed by atoms with E-state index in [1.54, 1.807) is 11.8 Å². The molecule has 0 aliphatic carbocycles. The molecule has 17 heavy (non-hydrogen) atoms. The highest BCUT2D eigenvalue weighted by atomic mass is 35.5. The van der Waals surface area contributed by atoms with Crippen LogP contribution in [0, 0.1) is 5.92 Å². The maximum atomic E-state index is 9.94. The Bertz CT molecular complexity index is 357. The molecule has 1 N–H and O–H groups in total. The molecule has 4 heteroatoms. The Kier molecular flexibility index (Phi) is 4.74. The third-order valence-corrected chi connectivity index (χ3v) is 4.66. The number of halogens is 1. The highest BCUT2D eigenvalue weighted by Crippen LogP contribution is 2.27. The molecule has 0 saturated carbocycles. The molecule has 2 nitrogen and oxygen atoms in total. The number of hydrogen-bond donors (Lipinski definition) is 1. The summed E-state index contributed by atoms with van der Waals surface area (Å²) in [6.45, 7) is 5.00. The Balaban J connectivity index is 1.84. The first-order chi connectivity index (χ1) is 8.19. The molecule has 2 rings (SSSR count). The van der Waals surface area contributed by atoms with Gasteiger partial charge in [0.1, 0.15) is 0 Å².